The zero-order chi connectivity index (χ0) is 12.0. The van der Waals surface area contributed by atoms with Crippen molar-refractivity contribution >= 4 is 0 Å². The molecule has 0 spiro atoms. The van der Waals surface area contributed by atoms with Gasteiger partial charge in [0.05, 0.1) is 6.61 Å². The average molecular weight is 222 g/mol. The maximum absolute atomic E-state index is 9.24. The van der Waals surface area contributed by atoms with Gasteiger partial charge in [-0.05, 0) is 24.5 Å². The van der Waals surface area contributed by atoms with Crippen LogP contribution in [0.5, 0.6) is 5.75 Å². The fraction of sp³-hybridized carbons (Fsp3) is 0.385. The van der Waals surface area contributed by atoms with Gasteiger partial charge in [0, 0.05) is 0 Å². The summed E-state index contributed by atoms with van der Waals surface area (Å²) in [4.78, 5) is 0. The van der Waals surface area contributed by atoms with E-state index >= 15 is 0 Å². The predicted molar refractivity (Wildman–Crippen MR) is 63.7 cm³/mol. The topological polar surface area (TPSA) is 49.7 Å². The van der Waals surface area contributed by atoms with Gasteiger partial charge in [-0.2, -0.15) is 0 Å². The molecule has 0 saturated heterocycles. The lowest BCUT2D eigenvalue weighted by molar-refractivity contribution is 0.0531. The molecule has 1 atom stereocenters. The number of allylic oxidation sites excluding steroid dienone is 1. The molecule has 1 aromatic carbocycles. The molecule has 1 rings (SSSR count). The number of ether oxygens (including phenoxy) is 1. The average Bonchev–Trinajstić information content (AvgIpc) is 2.28. The van der Waals surface area contributed by atoms with Crippen LogP contribution in [0.15, 0.2) is 30.9 Å². The standard InChI is InChI=1S/C13H18O3/c1-3-5-11-7-4-6-10(2)13(11)16-9-12(15)8-14/h3-4,6-7,12,14-15H,1,5,8-9H2,2H3. The van der Waals surface area contributed by atoms with Crippen LogP contribution in [0.3, 0.4) is 0 Å². The lowest BCUT2D eigenvalue weighted by Gasteiger charge is -2.15. The fourth-order valence-corrected chi connectivity index (χ4v) is 1.47. The van der Waals surface area contributed by atoms with Gasteiger partial charge in [0.1, 0.15) is 18.5 Å². The molecule has 3 nitrogen and oxygen atoms in total. The van der Waals surface area contributed by atoms with Gasteiger partial charge in [-0.3, -0.25) is 0 Å². The summed E-state index contributed by atoms with van der Waals surface area (Å²) in [5.41, 5.74) is 2.06. The van der Waals surface area contributed by atoms with Crippen LogP contribution in [-0.4, -0.2) is 29.5 Å². The zero-order valence-corrected chi connectivity index (χ0v) is 9.52. The van der Waals surface area contributed by atoms with Gasteiger partial charge >= 0.3 is 0 Å². The van der Waals surface area contributed by atoms with Crippen molar-refractivity contribution in [3.05, 3.63) is 42.0 Å². The molecule has 0 amide bonds. The molecule has 0 aromatic heterocycles. The van der Waals surface area contributed by atoms with Crippen molar-refractivity contribution in [3.8, 4) is 5.75 Å². The Morgan fingerprint density at radius 3 is 2.88 bits per heavy atom. The molecule has 0 bridgehead atoms. The van der Waals surface area contributed by atoms with E-state index in [4.69, 9.17) is 9.84 Å². The van der Waals surface area contributed by atoms with Gasteiger partial charge in [-0.1, -0.05) is 24.3 Å². The monoisotopic (exact) mass is 222 g/mol. The van der Waals surface area contributed by atoms with Gasteiger partial charge in [-0.15, -0.1) is 6.58 Å². The Kier molecular flexibility index (Phi) is 5.02. The summed E-state index contributed by atoms with van der Waals surface area (Å²) in [7, 11) is 0. The fourth-order valence-electron chi connectivity index (χ4n) is 1.47. The third-order valence-electron chi connectivity index (χ3n) is 2.29. The van der Waals surface area contributed by atoms with Crippen molar-refractivity contribution in [2.45, 2.75) is 19.4 Å². The minimum atomic E-state index is -0.837. The summed E-state index contributed by atoms with van der Waals surface area (Å²) < 4.78 is 5.52. The van der Waals surface area contributed by atoms with Crippen LogP contribution < -0.4 is 4.74 Å². The van der Waals surface area contributed by atoms with Gasteiger partial charge in [0.2, 0.25) is 0 Å². The summed E-state index contributed by atoms with van der Waals surface area (Å²) in [5.74, 6) is 0.773. The molecule has 0 saturated carbocycles. The van der Waals surface area contributed by atoms with E-state index in [9.17, 15) is 5.11 Å². The van der Waals surface area contributed by atoms with E-state index in [2.05, 4.69) is 6.58 Å². The number of aryl methyl sites for hydroxylation is 1. The van der Waals surface area contributed by atoms with E-state index < -0.39 is 6.10 Å². The second-order valence-electron chi connectivity index (χ2n) is 3.70. The minimum Gasteiger partial charge on any atom is -0.490 e. The predicted octanol–water partition coefficient (Wildman–Crippen LogP) is 1.46. The van der Waals surface area contributed by atoms with Crippen molar-refractivity contribution in [3.63, 3.8) is 0 Å². The molecule has 0 heterocycles. The number of hydrogen-bond acceptors (Lipinski definition) is 3. The molecule has 0 aliphatic rings. The molecule has 2 N–H and O–H groups in total. The number of benzene rings is 1. The number of rotatable bonds is 6. The first kappa shape index (κ1) is 12.7. The quantitative estimate of drug-likeness (QED) is 0.716. The van der Waals surface area contributed by atoms with E-state index in [1.165, 1.54) is 0 Å². The largest absolute Gasteiger partial charge is 0.490 e. The van der Waals surface area contributed by atoms with Crippen molar-refractivity contribution in [1.82, 2.24) is 0 Å². The molecular formula is C13H18O3. The highest BCUT2D eigenvalue weighted by molar-refractivity contribution is 5.41. The molecule has 0 aliphatic heterocycles. The van der Waals surface area contributed by atoms with Crippen LogP contribution in [0.1, 0.15) is 11.1 Å². The van der Waals surface area contributed by atoms with E-state index in [0.717, 1.165) is 23.3 Å². The summed E-state index contributed by atoms with van der Waals surface area (Å²) in [5, 5.41) is 17.9. The lowest BCUT2D eigenvalue weighted by Crippen LogP contribution is -2.21. The molecule has 1 aromatic rings. The Morgan fingerprint density at radius 2 is 2.25 bits per heavy atom. The summed E-state index contributed by atoms with van der Waals surface area (Å²) in [6.07, 6.45) is 1.70. The van der Waals surface area contributed by atoms with Crippen LogP contribution in [-0.2, 0) is 6.42 Å². The van der Waals surface area contributed by atoms with Gasteiger partial charge in [-0.25, -0.2) is 0 Å². The van der Waals surface area contributed by atoms with Gasteiger partial charge in [0.25, 0.3) is 0 Å². The van der Waals surface area contributed by atoms with E-state index in [0.29, 0.717) is 0 Å². The van der Waals surface area contributed by atoms with Crippen LogP contribution in [0, 0.1) is 6.92 Å². The van der Waals surface area contributed by atoms with E-state index in [-0.39, 0.29) is 13.2 Å². The number of hydrogen-bond donors (Lipinski definition) is 2. The second-order valence-corrected chi connectivity index (χ2v) is 3.70. The first-order valence-electron chi connectivity index (χ1n) is 5.30. The number of para-hydroxylation sites is 1. The third-order valence-corrected chi connectivity index (χ3v) is 2.29. The van der Waals surface area contributed by atoms with Crippen LogP contribution >= 0.6 is 0 Å². The maximum Gasteiger partial charge on any atom is 0.125 e. The summed E-state index contributed by atoms with van der Waals surface area (Å²) in [6.45, 7) is 5.46. The molecule has 3 heteroatoms. The summed E-state index contributed by atoms with van der Waals surface area (Å²) in [6, 6.07) is 5.88. The van der Waals surface area contributed by atoms with Gasteiger partial charge in [0.15, 0.2) is 0 Å². The zero-order valence-electron chi connectivity index (χ0n) is 9.52. The summed E-state index contributed by atoms with van der Waals surface area (Å²) >= 11 is 0. The maximum atomic E-state index is 9.24. The second kappa shape index (κ2) is 6.30. The van der Waals surface area contributed by atoms with E-state index in [1.54, 1.807) is 0 Å². The Labute approximate surface area is 96.0 Å². The highest BCUT2D eigenvalue weighted by Crippen LogP contribution is 2.24. The molecule has 0 radical (unpaired) electrons. The molecule has 88 valence electrons. The molecule has 0 fully saturated rings. The molecular weight excluding hydrogens is 204 g/mol. The first-order chi connectivity index (χ1) is 7.69. The number of aliphatic hydroxyl groups is 2. The molecule has 1 unspecified atom stereocenters. The first-order valence-corrected chi connectivity index (χ1v) is 5.30. The van der Waals surface area contributed by atoms with Crippen molar-refractivity contribution in [2.24, 2.45) is 0 Å². The van der Waals surface area contributed by atoms with Crippen LogP contribution in [0.2, 0.25) is 0 Å². The molecule has 0 aliphatic carbocycles. The Morgan fingerprint density at radius 1 is 1.50 bits per heavy atom. The smallest absolute Gasteiger partial charge is 0.125 e. The minimum absolute atomic E-state index is 0.103. The molecule has 16 heavy (non-hydrogen) atoms. The van der Waals surface area contributed by atoms with Crippen molar-refractivity contribution in [2.75, 3.05) is 13.2 Å². The van der Waals surface area contributed by atoms with Crippen molar-refractivity contribution < 1.29 is 14.9 Å². The highest BCUT2D eigenvalue weighted by Gasteiger charge is 2.08. The number of aliphatic hydroxyl groups excluding tert-OH is 2. The van der Waals surface area contributed by atoms with Crippen LogP contribution in [0.4, 0.5) is 0 Å². The third kappa shape index (κ3) is 3.36. The van der Waals surface area contributed by atoms with Gasteiger partial charge < -0.3 is 14.9 Å². The normalized spacial score (nSPS) is 12.2. The van der Waals surface area contributed by atoms with Crippen LogP contribution in [0.25, 0.3) is 0 Å². The Balaban J connectivity index is 2.79. The Hall–Kier alpha value is -1.32. The SMILES string of the molecule is C=CCc1cccc(C)c1OCC(O)CO. The highest BCUT2D eigenvalue weighted by atomic mass is 16.5. The van der Waals surface area contributed by atoms with Crippen molar-refractivity contribution in [1.29, 1.82) is 0 Å². The Bertz CT molecular complexity index is 347. The van der Waals surface area contributed by atoms with E-state index in [1.807, 2.05) is 31.2 Å². The lowest BCUT2D eigenvalue weighted by atomic mass is 10.1.